The van der Waals surface area contributed by atoms with Crippen LogP contribution in [0.1, 0.15) is 55.1 Å². The predicted molar refractivity (Wildman–Crippen MR) is 162 cm³/mol. The van der Waals surface area contributed by atoms with Gasteiger partial charge in [0.1, 0.15) is 5.82 Å². The average Bonchev–Trinajstić information content (AvgIpc) is 3.28. The van der Waals surface area contributed by atoms with Crippen molar-refractivity contribution in [2.75, 3.05) is 5.32 Å². The Morgan fingerprint density at radius 3 is 2.02 bits per heavy atom. The third-order valence-electron chi connectivity index (χ3n) is 6.93. The smallest absolute Gasteiger partial charge is 0.305 e. The van der Waals surface area contributed by atoms with Crippen molar-refractivity contribution in [1.29, 1.82) is 0 Å². The molecule has 0 saturated carbocycles. The van der Waals surface area contributed by atoms with E-state index < -0.39 is 24.6 Å². The maximum Gasteiger partial charge on any atom is 0.305 e. The molecule has 0 radical (unpaired) electrons. The van der Waals surface area contributed by atoms with Crippen LogP contribution in [0.4, 0.5) is 10.1 Å². The molecule has 0 saturated heterocycles. The SMILES string of the molecule is CC(C)c1c(C(=O)Nc2ccccc2)c(-c2ccccc2)c(-c2ccc(F)cc2)n1CC[C@@H](O)C[C@@H](O)CC(=O)O.N. The van der Waals surface area contributed by atoms with Gasteiger partial charge in [0, 0.05) is 23.5 Å². The molecule has 0 bridgehead atoms. The largest absolute Gasteiger partial charge is 0.481 e. The number of hydrogen-bond acceptors (Lipinski definition) is 5. The number of aromatic nitrogens is 1. The Kier molecular flexibility index (Phi) is 11.2. The Labute approximate surface area is 245 Å². The second-order valence-electron chi connectivity index (χ2n) is 10.4. The fourth-order valence-corrected chi connectivity index (χ4v) is 5.20. The molecule has 4 rings (SSSR count). The minimum absolute atomic E-state index is 0. The first-order valence-corrected chi connectivity index (χ1v) is 13.7. The number of rotatable bonds is 12. The van der Waals surface area contributed by atoms with Gasteiger partial charge in [-0.05, 0) is 66.3 Å². The number of amides is 1. The molecule has 222 valence electrons. The molecule has 0 aliphatic rings. The van der Waals surface area contributed by atoms with Gasteiger partial charge in [-0.1, -0.05) is 62.4 Å². The molecule has 42 heavy (non-hydrogen) atoms. The number of anilines is 1. The molecule has 9 heteroatoms. The summed E-state index contributed by atoms with van der Waals surface area (Å²) in [4.78, 5) is 25.0. The topological polar surface area (TPSA) is 147 Å². The Bertz CT molecular complexity index is 1470. The lowest BCUT2D eigenvalue weighted by molar-refractivity contribution is -0.139. The zero-order chi connectivity index (χ0) is 29.5. The highest BCUT2D eigenvalue weighted by Crippen LogP contribution is 2.42. The number of carboxylic acids is 1. The van der Waals surface area contributed by atoms with E-state index in [4.69, 9.17) is 5.11 Å². The Morgan fingerprint density at radius 1 is 0.857 bits per heavy atom. The number of hydrogen-bond donors (Lipinski definition) is 5. The van der Waals surface area contributed by atoms with Crippen molar-refractivity contribution < 1.29 is 29.3 Å². The Hall–Kier alpha value is -4.31. The van der Waals surface area contributed by atoms with Crippen molar-refractivity contribution in [2.45, 2.75) is 57.8 Å². The molecule has 0 aliphatic carbocycles. The van der Waals surface area contributed by atoms with Gasteiger partial charge in [0.25, 0.3) is 5.91 Å². The number of nitrogens with one attached hydrogen (secondary N) is 1. The van der Waals surface area contributed by atoms with Gasteiger partial charge in [-0.15, -0.1) is 0 Å². The summed E-state index contributed by atoms with van der Waals surface area (Å²) in [7, 11) is 0. The number of halogens is 1. The van der Waals surface area contributed by atoms with Gasteiger partial charge < -0.3 is 31.4 Å². The van der Waals surface area contributed by atoms with Gasteiger partial charge in [-0.2, -0.15) is 0 Å². The Morgan fingerprint density at radius 2 is 1.45 bits per heavy atom. The zero-order valence-corrected chi connectivity index (χ0v) is 23.8. The van der Waals surface area contributed by atoms with Gasteiger partial charge in [-0.25, -0.2) is 4.39 Å². The van der Waals surface area contributed by atoms with Crippen molar-refractivity contribution in [1.82, 2.24) is 10.7 Å². The maximum absolute atomic E-state index is 14.0. The summed E-state index contributed by atoms with van der Waals surface area (Å²) in [6.45, 7) is 4.25. The molecule has 0 spiro atoms. The first-order valence-electron chi connectivity index (χ1n) is 13.7. The second-order valence-corrected chi connectivity index (χ2v) is 10.4. The molecule has 1 heterocycles. The average molecular weight is 576 g/mol. The molecule has 1 amide bonds. The van der Waals surface area contributed by atoms with Crippen LogP contribution in [-0.2, 0) is 11.3 Å². The number of benzene rings is 3. The molecule has 7 N–H and O–H groups in total. The van der Waals surface area contributed by atoms with Crippen LogP contribution < -0.4 is 11.5 Å². The number of carbonyl (C=O) groups is 2. The summed E-state index contributed by atoms with van der Waals surface area (Å²) >= 11 is 0. The Balaban J connectivity index is 0.00000484. The summed E-state index contributed by atoms with van der Waals surface area (Å²) < 4.78 is 16.0. The second kappa shape index (κ2) is 14.5. The van der Waals surface area contributed by atoms with E-state index in [2.05, 4.69) is 5.32 Å². The van der Waals surface area contributed by atoms with E-state index in [9.17, 15) is 24.2 Å². The number of carbonyl (C=O) groups excluding carboxylic acids is 1. The third kappa shape index (κ3) is 7.70. The molecular weight excluding hydrogens is 537 g/mol. The fraction of sp³-hybridized carbons (Fsp3) is 0.273. The van der Waals surface area contributed by atoms with Crippen LogP contribution >= 0.6 is 0 Å². The van der Waals surface area contributed by atoms with Crippen LogP contribution in [0.2, 0.25) is 0 Å². The summed E-state index contributed by atoms with van der Waals surface area (Å²) in [6.07, 6.45) is -2.51. The van der Waals surface area contributed by atoms with Gasteiger partial charge in [0.15, 0.2) is 0 Å². The number of para-hydroxylation sites is 1. The van der Waals surface area contributed by atoms with Crippen molar-refractivity contribution in [3.8, 4) is 22.4 Å². The lowest BCUT2D eigenvalue weighted by atomic mass is 9.94. The highest BCUT2D eigenvalue weighted by atomic mass is 19.1. The lowest BCUT2D eigenvalue weighted by Crippen LogP contribution is -2.22. The molecule has 3 aromatic carbocycles. The van der Waals surface area contributed by atoms with Gasteiger partial charge in [0.2, 0.25) is 0 Å². The number of aliphatic hydroxyl groups excluding tert-OH is 2. The summed E-state index contributed by atoms with van der Waals surface area (Å²) in [5, 5.41) is 32.8. The summed E-state index contributed by atoms with van der Waals surface area (Å²) in [5.74, 6) is -1.93. The van der Waals surface area contributed by atoms with Crippen LogP contribution in [0.15, 0.2) is 84.9 Å². The fourth-order valence-electron chi connectivity index (χ4n) is 5.20. The van der Waals surface area contributed by atoms with E-state index in [1.165, 1.54) is 12.1 Å². The molecule has 0 fully saturated rings. The van der Waals surface area contributed by atoms with Crippen LogP contribution in [0.25, 0.3) is 22.4 Å². The van der Waals surface area contributed by atoms with Crippen molar-refractivity contribution in [3.05, 3.63) is 102 Å². The van der Waals surface area contributed by atoms with Crippen molar-refractivity contribution in [3.63, 3.8) is 0 Å². The molecule has 2 atom stereocenters. The van der Waals surface area contributed by atoms with Crippen molar-refractivity contribution in [2.24, 2.45) is 0 Å². The quantitative estimate of drug-likeness (QED) is 0.131. The standard InChI is InChI=1S/C33H35FN2O5.H3N/c1-21(2)31-30(33(41)35-25-11-7-4-8-12-25)29(22-9-5-3-6-10-22)32(23-13-15-24(34)16-14-23)36(31)18-17-26(37)19-27(38)20-28(39)40;/h3-16,21,26-27,37-38H,17-20H2,1-2H3,(H,35,41)(H,39,40);1H3/t26-,27-;/m1./s1. The van der Waals surface area contributed by atoms with Crippen molar-refractivity contribution >= 4 is 17.6 Å². The highest BCUT2D eigenvalue weighted by molar-refractivity contribution is 6.12. The van der Waals surface area contributed by atoms with E-state index in [0.29, 0.717) is 28.1 Å². The molecule has 8 nitrogen and oxygen atoms in total. The van der Waals surface area contributed by atoms with Crippen LogP contribution in [-0.4, -0.2) is 44.0 Å². The molecule has 4 aromatic rings. The lowest BCUT2D eigenvalue weighted by Gasteiger charge is -2.20. The van der Waals surface area contributed by atoms with E-state index in [1.54, 1.807) is 12.1 Å². The summed E-state index contributed by atoms with van der Waals surface area (Å²) in [5.41, 5.74) is 4.77. The van der Waals surface area contributed by atoms with Gasteiger partial charge in [0.05, 0.1) is 29.9 Å². The van der Waals surface area contributed by atoms with Gasteiger partial charge >= 0.3 is 5.97 Å². The van der Waals surface area contributed by atoms with Crippen LogP contribution in [0.3, 0.4) is 0 Å². The molecular formula is C33H38FN3O5. The maximum atomic E-state index is 14.0. The predicted octanol–water partition coefficient (Wildman–Crippen LogP) is 6.48. The van der Waals surface area contributed by atoms with E-state index in [0.717, 1.165) is 11.3 Å². The van der Waals surface area contributed by atoms with Crippen LogP contribution in [0, 0.1) is 5.82 Å². The minimum Gasteiger partial charge on any atom is -0.481 e. The first-order chi connectivity index (χ1) is 19.7. The molecule has 0 aliphatic heterocycles. The number of carboxylic acid groups (broad SMARTS) is 1. The normalized spacial score (nSPS) is 12.4. The number of aliphatic hydroxyl groups is 2. The number of nitrogens with zero attached hydrogens (tertiary/aromatic N) is 1. The number of aliphatic carboxylic acids is 1. The van der Waals surface area contributed by atoms with E-state index in [-0.39, 0.29) is 43.2 Å². The van der Waals surface area contributed by atoms with E-state index >= 15 is 0 Å². The summed E-state index contributed by atoms with van der Waals surface area (Å²) in [6, 6.07) is 24.8. The molecule has 1 aromatic heterocycles. The highest BCUT2D eigenvalue weighted by Gasteiger charge is 2.31. The zero-order valence-electron chi connectivity index (χ0n) is 23.8. The van der Waals surface area contributed by atoms with E-state index in [1.807, 2.05) is 79.1 Å². The van der Waals surface area contributed by atoms with Crippen LogP contribution in [0.5, 0.6) is 0 Å². The first kappa shape index (κ1) is 32.2. The van der Waals surface area contributed by atoms with Gasteiger partial charge in [-0.3, -0.25) is 9.59 Å². The molecule has 0 unspecified atom stereocenters. The monoisotopic (exact) mass is 575 g/mol. The minimum atomic E-state index is -1.18. The third-order valence-corrected chi connectivity index (χ3v) is 6.93.